The van der Waals surface area contributed by atoms with Crippen LogP contribution >= 0.6 is 0 Å². The van der Waals surface area contributed by atoms with E-state index in [9.17, 15) is 4.79 Å². The minimum Gasteiger partial charge on any atom is -0.494 e. The lowest BCUT2D eigenvalue weighted by molar-refractivity contribution is 0.0365. The summed E-state index contributed by atoms with van der Waals surface area (Å²) in [7, 11) is 1.57. The van der Waals surface area contributed by atoms with E-state index in [-0.39, 0.29) is 5.56 Å². The summed E-state index contributed by atoms with van der Waals surface area (Å²) >= 11 is 0. The number of benzene rings is 1. The number of amides is 1. The number of aryl methyl sites for hydroxylation is 2. The minimum absolute atomic E-state index is 0.270. The van der Waals surface area contributed by atoms with Crippen molar-refractivity contribution in [3.8, 4) is 17.1 Å². The summed E-state index contributed by atoms with van der Waals surface area (Å²) in [6, 6.07) is 8.99. The lowest BCUT2D eigenvalue weighted by atomic mass is 10.1. The molecule has 0 aliphatic rings. The summed E-state index contributed by atoms with van der Waals surface area (Å²) in [4.78, 5) is 39.6. The number of nitrogens with zero attached hydrogens (tertiary/aromatic N) is 5. The Bertz CT molecular complexity index is 1360. The van der Waals surface area contributed by atoms with Crippen LogP contribution in [-0.4, -0.2) is 44.5 Å². The van der Waals surface area contributed by atoms with Crippen LogP contribution in [0.5, 0.6) is 5.75 Å². The first-order valence-corrected chi connectivity index (χ1v) is 11.2. The zero-order chi connectivity index (χ0) is 25.5. The maximum Gasteiger partial charge on any atom is 0.278 e. The molecule has 3 N–H and O–H groups in total. The van der Waals surface area contributed by atoms with E-state index in [4.69, 9.17) is 9.57 Å². The van der Waals surface area contributed by atoms with Gasteiger partial charge in [-0.05, 0) is 44.5 Å². The molecule has 4 aromatic rings. The van der Waals surface area contributed by atoms with Gasteiger partial charge < -0.3 is 15.4 Å². The zero-order valence-corrected chi connectivity index (χ0v) is 20.4. The summed E-state index contributed by atoms with van der Waals surface area (Å²) in [5, 5.41) is 6.43. The highest BCUT2D eigenvalue weighted by molar-refractivity contribution is 6.00. The number of hydroxylamine groups is 1. The van der Waals surface area contributed by atoms with Crippen molar-refractivity contribution < 1.29 is 14.4 Å². The normalized spacial score (nSPS) is 10.6. The molecule has 11 heteroatoms. The third-order valence-corrected chi connectivity index (χ3v) is 5.00. The summed E-state index contributed by atoms with van der Waals surface area (Å²) < 4.78 is 5.72. The molecule has 0 fully saturated rings. The number of para-hydroxylation sites is 1. The Labute approximate surface area is 208 Å². The summed E-state index contributed by atoms with van der Waals surface area (Å²) in [5.41, 5.74) is 5.41. The van der Waals surface area contributed by atoms with Crippen LogP contribution in [0.4, 0.5) is 23.0 Å². The molecule has 1 amide bonds. The van der Waals surface area contributed by atoms with E-state index in [2.05, 4.69) is 41.0 Å². The van der Waals surface area contributed by atoms with Crippen LogP contribution in [0.1, 0.15) is 28.7 Å². The molecule has 0 saturated carbocycles. The fraction of sp³-hybridized carbons (Fsp3) is 0.200. The second kappa shape index (κ2) is 11.2. The van der Waals surface area contributed by atoms with E-state index in [0.29, 0.717) is 52.6 Å². The molecular weight excluding hydrogens is 460 g/mol. The maximum absolute atomic E-state index is 12.8. The van der Waals surface area contributed by atoms with E-state index < -0.39 is 5.91 Å². The average Bonchev–Trinajstić information content (AvgIpc) is 2.88. The summed E-state index contributed by atoms with van der Waals surface area (Å²) in [6.07, 6.45) is 6.59. The van der Waals surface area contributed by atoms with E-state index in [0.717, 1.165) is 5.56 Å². The molecule has 3 heterocycles. The highest BCUT2D eigenvalue weighted by Gasteiger charge is 2.18. The molecule has 4 rings (SSSR count). The standard InChI is InChI=1S/C25H26N8O3/c1-5-36-33-25(34)18-14-27-22(32-21-9-10-26-16(3)30-21)11-20(18)31-19-8-6-7-17(23(19)35-4)24-28-12-15(2)13-29-24/h6-14H,5H2,1-4H3,(H,33,34)(H2,26,27,30,31,32). The molecule has 0 saturated heterocycles. The number of carbonyl (C=O) groups is 1. The fourth-order valence-electron chi connectivity index (χ4n) is 3.37. The van der Waals surface area contributed by atoms with Gasteiger partial charge in [-0.15, -0.1) is 0 Å². The Morgan fingerprint density at radius 2 is 1.75 bits per heavy atom. The second-order valence-electron chi connectivity index (χ2n) is 7.69. The van der Waals surface area contributed by atoms with Gasteiger partial charge in [-0.25, -0.2) is 30.4 Å². The van der Waals surface area contributed by atoms with Crippen molar-refractivity contribution in [3.05, 3.63) is 72.1 Å². The van der Waals surface area contributed by atoms with Crippen LogP contribution < -0.4 is 20.9 Å². The monoisotopic (exact) mass is 486 g/mol. The number of methoxy groups -OCH3 is 1. The number of anilines is 4. The van der Waals surface area contributed by atoms with Crippen LogP contribution in [0.2, 0.25) is 0 Å². The molecule has 0 spiro atoms. The number of hydrogen-bond acceptors (Lipinski definition) is 10. The Balaban J connectivity index is 1.73. The number of rotatable bonds is 9. The molecule has 0 bridgehead atoms. The minimum atomic E-state index is -0.451. The smallest absolute Gasteiger partial charge is 0.278 e. The Morgan fingerprint density at radius 1 is 0.944 bits per heavy atom. The van der Waals surface area contributed by atoms with Crippen LogP contribution in [0.15, 0.2) is 55.1 Å². The molecule has 11 nitrogen and oxygen atoms in total. The molecule has 3 aromatic heterocycles. The number of ether oxygens (including phenoxy) is 1. The molecule has 0 unspecified atom stereocenters. The average molecular weight is 487 g/mol. The second-order valence-corrected chi connectivity index (χ2v) is 7.69. The zero-order valence-electron chi connectivity index (χ0n) is 20.4. The molecule has 0 aliphatic heterocycles. The Kier molecular flexibility index (Phi) is 7.61. The van der Waals surface area contributed by atoms with Gasteiger partial charge >= 0.3 is 0 Å². The third-order valence-electron chi connectivity index (χ3n) is 5.00. The van der Waals surface area contributed by atoms with Gasteiger partial charge in [-0.1, -0.05) is 6.07 Å². The molecule has 36 heavy (non-hydrogen) atoms. The third kappa shape index (κ3) is 5.70. The van der Waals surface area contributed by atoms with Gasteiger partial charge in [0.05, 0.1) is 36.2 Å². The lowest BCUT2D eigenvalue weighted by Crippen LogP contribution is -2.24. The predicted octanol–water partition coefficient (Wildman–Crippen LogP) is 4.12. The topological polar surface area (TPSA) is 136 Å². The predicted molar refractivity (Wildman–Crippen MR) is 135 cm³/mol. The van der Waals surface area contributed by atoms with E-state index in [1.807, 2.05) is 25.1 Å². The van der Waals surface area contributed by atoms with Crippen molar-refractivity contribution in [1.82, 2.24) is 30.4 Å². The van der Waals surface area contributed by atoms with Crippen molar-refractivity contribution in [2.75, 3.05) is 24.4 Å². The van der Waals surface area contributed by atoms with Gasteiger partial charge in [0.25, 0.3) is 5.91 Å². The summed E-state index contributed by atoms with van der Waals surface area (Å²) in [6.45, 7) is 5.81. The van der Waals surface area contributed by atoms with Gasteiger partial charge in [0.2, 0.25) is 0 Å². The fourth-order valence-corrected chi connectivity index (χ4v) is 3.37. The number of aromatic nitrogens is 5. The van der Waals surface area contributed by atoms with E-state index in [1.165, 1.54) is 6.20 Å². The van der Waals surface area contributed by atoms with E-state index >= 15 is 0 Å². The van der Waals surface area contributed by atoms with E-state index in [1.54, 1.807) is 51.7 Å². The molecule has 184 valence electrons. The first kappa shape index (κ1) is 24.5. The van der Waals surface area contributed by atoms with Crippen molar-refractivity contribution in [3.63, 3.8) is 0 Å². The van der Waals surface area contributed by atoms with Crippen molar-refractivity contribution in [1.29, 1.82) is 0 Å². The van der Waals surface area contributed by atoms with Crippen molar-refractivity contribution in [2.45, 2.75) is 20.8 Å². The van der Waals surface area contributed by atoms with Gasteiger partial charge in [0, 0.05) is 30.9 Å². The lowest BCUT2D eigenvalue weighted by Gasteiger charge is -2.17. The molecule has 0 aliphatic carbocycles. The largest absolute Gasteiger partial charge is 0.494 e. The number of hydrogen-bond donors (Lipinski definition) is 3. The van der Waals surface area contributed by atoms with Gasteiger partial charge in [-0.2, -0.15) is 0 Å². The van der Waals surface area contributed by atoms with Gasteiger partial charge in [-0.3, -0.25) is 9.63 Å². The quantitative estimate of drug-likeness (QED) is 0.296. The molecule has 0 atom stereocenters. The Morgan fingerprint density at radius 3 is 2.47 bits per heavy atom. The van der Waals surface area contributed by atoms with Crippen LogP contribution in [0.3, 0.4) is 0 Å². The van der Waals surface area contributed by atoms with Crippen LogP contribution in [0, 0.1) is 13.8 Å². The first-order chi connectivity index (χ1) is 17.5. The SMILES string of the molecule is CCONC(=O)c1cnc(Nc2ccnc(C)n2)cc1Nc1cccc(-c2ncc(C)cn2)c1OC. The molecule has 0 radical (unpaired) electrons. The maximum atomic E-state index is 12.8. The molecular formula is C25H26N8O3. The van der Waals surface area contributed by atoms with Gasteiger partial charge in [0.15, 0.2) is 11.6 Å². The summed E-state index contributed by atoms with van der Waals surface area (Å²) in [5.74, 6) is 2.25. The van der Waals surface area contributed by atoms with Crippen molar-refractivity contribution >= 4 is 28.9 Å². The molecule has 1 aromatic carbocycles. The van der Waals surface area contributed by atoms with Crippen molar-refractivity contribution in [2.24, 2.45) is 0 Å². The van der Waals surface area contributed by atoms with Crippen LogP contribution in [0.25, 0.3) is 11.4 Å². The highest BCUT2D eigenvalue weighted by atomic mass is 16.6. The first-order valence-electron chi connectivity index (χ1n) is 11.2. The highest BCUT2D eigenvalue weighted by Crippen LogP contribution is 2.37. The van der Waals surface area contributed by atoms with Crippen LogP contribution in [-0.2, 0) is 4.84 Å². The number of pyridine rings is 1. The Hall–Kier alpha value is -4.64. The van der Waals surface area contributed by atoms with Gasteiger partial charge in [0.1, 0.15) is 17.5 Å². The number of nitrogens with one attached hydrogen (secondary N) is 3. The number of carbonyl (C=O) groups excluding carboxylic acids is 1.